The molecule has 0 aromatic rings. The van der Waals surface area contributed by atoms with Gasteiger partial charge in [-0.15, -0.1) is 0 Å². The highest BCUT2D eigenvalue weighted by atomic mass is 16.5. The van der Waals surface area contributed by atoms with Crippen LogP contribution in [0.4, 0.5) is 0 Å². The summed E-state index contributed by atoms with van der Waals surface area (Å²) in [5.74, 6) is 6.81. The first-order chi connectivity index (χ1) is 13.4. The summed E-state index contributed by atoms with van der Waals surface area (Å²) in [6.07, 6.45) is 14.2. The Morgan fingerprint density at radius 3 is 1.86 bits per heavy atom. The molecular formula is C26H38O2. The van der Waals surface area contributed by atoms with Gasteiger partial charge in [0.2, 0.25) is 0 Å². The molecule has 8 bridgehead atoms. The molecule has 0 aliphatic heterocycles. The van der Waals surface area contributed by atoms with E-state index in [4.69, 9.17) is 4.74 Å². The van der Waals surface area contributed by atoms with Gasteiger partial charge in [-0.05, 0) is 117 Å². The molecule has 0 aromatic carbocycles. The Hall–Kier alpha value is -1.05. The standard InChI is InChI=1S/C15H22O2.C11H16/c1-9(14(16)17-3)13-12-5-10-4-11(6-12)8-15(13,2)7-10;1-7-10-3-8-2-9(5-10)6-11(7)4-8/h10-13H,1,4-8H2,2-3H3;8-11H,1-6H2. The average Bonchev–Trinajstić information content (AvgIpc) is 2.63. The van der Waals surface area contributed by atoms with Gasteiger partial charge in [0.05, 0.1) is 7.11 Å². The van der Waals surface area contributed by atoms with E-state index in [0.717, 1.165) is 41.1 Å². The maximum atomic E-state index is 11.8. The van der Waals surface area contributed by atoms with Gasteiger partial charge in [0.15, 0.2) is 0 Å². The van der Waals surface area contributed by atoms with Crippen LogP contribution in [-0.2, 0) is 9.53 Å². The molecule has 0 aromatic heterocycles. The zero-order valence-corrected chi connectivity index (χ0v) is 17.9. The highest BCUT2D eigenvalue weighted by Crippen LogP contribution is 2.64. The molecule has 8 fully saturated rings. The summed E-state index contributed by atoms with van der Waals surface area (Å²) in [6.45, 7) is 10.7. The topological polar surface area (TPSA) is 26.3 Å². The zero-order chi connectivity index (χ0) is 19.6. The second-order valence-electron chi connectivity index (χ2n) is 11.6. The highest BCUT2D eigenvalue weighted by Gasteiger charge is 2.56. The van der Waals surface area contributed by atoms with Crippen molar-refractivity contribution < 1.29 is 9.53 Å². The Labute approximate surface area is 171 Å². The Morgan fingerprint density at radius 1 is 0.893 bits per heavy atom. The van der Waals surface area contributed by atoms with Crippen LogP contribution in [-0.4, -0.2) is 13.1 Å². The Kier molecular flexibility index (Phi) is 4.56. The smallest absolute Gasteiger partial charge is 0.333 e. The van der Waals surface area contributed by atoms with E-state index in [1.807, 2.05) is 0 Å². The van der Waals surface area contributed by atoms with Gasteiger partial charge >= 0.3 is 5.97 Å². The third-order valence-corrected chi connectivity index (χ3v) is 9.68. The first-order valence-corrected chi connectivity index (χ1v) is 11.8. The third kappa shape index (κ3) is 3.01. The Morgan fingerprint density at radius 2 is 1.39 bits per heavy atom. The average molecular weight is 383 g/mol. The minimum atomic E-state index is -0.191. The molecule has 3 atom stereocenters. The zero-order valence-electron chi connectivity index (χ0n) is 17.9. The van der Waals surface area contributed by atoms with Crippen molar-refractivity contribution in [3.63, 3.8) is 0 Å². The quantitative estimate of drug-likeness (QED) is 0.324. The molecule has 0 saturated heterocycles. The summed E-state index contributed by atoms with van der Waals surface area (Å²) >= 11 is 0. The van der Waals surface area contributed by atoms with E-state index in [0.29, 0.717) is 17.3 Å². The van der Waals surface area contributed by atoms with Crippen LogP contribution in [0.15, 0.2) is 24.3 Å². The van der Waals surface area contributed by atoms with E-state index >= 15 is 0 Å². The fourth-order valence-corrected chi connectivity index (χ4v) is 9.20. The molecule has 2 heteroatoms. The summed E-state index contributed by atoms with van der Waals surface area (Å²) < 4.78 is 4.88. The second-order valence-corrected chi connectivity index (χ2v) is 11.6. The van der Waals surface area contributed by atoms with Gasteiger partial charge in [-0.25, -0.2) is 4.79 Å². The molecule has 2 nitrogen and oxygen atoms in total. The first-order valence-electron chi connectivity index (χ1n) is 11.8. The molecule has 0 heterocycles. The molecule has 8 saturated carbocycles. The molecule has 28 heavy (non-hydrogen) atoms. The lowest BCUT2D eigenvalue weighted by Gasteiger charge is -2.60. The lowest BCUT2D eigenvalue weighted by Crippen LogP contribution is -2.52. The molecule has 0 N–H and O–H groups in total. The monoisotopic (exact) mass is 382 g/mol. The largest absolute Gasteiger partial charge is 0.466 e. The molecular weight excluding hydrogens is 344 g/mol. The van der Waals surface area contributed by atoms with Crippen molar-refractivity contribution in [3.05, 3.63) is 24.3 Å². The SMILES string of the molecule is C=C(C(=O)OC)C1C2CC3CC(C2)CC1(C)C3.C=C1C2CC3CC(C2)CC1C3. The van der Waals surface area contributed by atoms with E-state index in [9.17, 15) is 4.79 Å². The third-order valence-electron chi connectivity index (χ3n) is 9.68. The molecule has 0 spiro atoms. The number of allylic oxidation sites excluding steroid dienone is 1. The minimum Gasteiger partial charge on any atom is -0.466 e. The van der Waals surface area contributed by atoms with E-state index in [1.54, 1.807) is 12.0 Å². The molecule has 154 valence electrons. The molecule has 3 unspecified atom stereocenters. The number of esters is 1. The van der Waals surface area contributed by atoms with Crippen LogP contribution in [0.1, 0.15) is 71.1 Å². The lowest BCUT2D eigenvalue weighted by atomic mass is 9.44. The van der Waals surface area contributed by atoms with Crippen LogP contribution in [0.3, 0.4) is 0 Å². The predicted molar refractivity (Wildman–Crippen MR) is 112 cm³/mol. The molecule has 8 aliphatic rings. The van der Waals surface area contributed by atoms with Crippen molar-refractivity contribution in [2.45, 2.75) is 71.1 Å². The van der Waals surface area contributed by atoms with E-state index in [-0.39, 0.29) is 5.97 Å². The fraction of sp³-hybridized carbons (Fsp3) is 0.808. The summed E-state index contributed by atoms with van der Waals surface area (Å²) in [5.41, 5.74) is 2.68. The predicted octanol–water partition coefficient (Wildman–Crippen LogP) is 6.18. The van der Waals surface area contributed by atoms with Crippen molar-refractivity contribution in [2.75, 3.05) is 7.11 Å². The van der Waals surface area contributed by atoms with Crippen LogP contribution in [0.25, 0.3) is 0 Å². The van der Waals surface area contributed by atoms with Crippen LogP contribution in [0, 0.1) is 52.8 Å². The second kappa shape index (κ2) is 6.74. The van der Waals surface area contributed by atoms with Gasteiger partial charge in [0.1, 0.15) is 0 Å². The van der Waals surface area contributed by atoms with E-state index in [1.165, 1.54) is 64.9 Å². The summed E-state index contributed by atoms with van der Waals surface area (Å²) in [7, 11) is 1.46. The van der Waals surface area contributed by atoms with E-state index in [2.05, 4.69) is 20.1 Å². The van der Waals surface area contributed by atoms with Crippen molar-refractivity contribution >= 4 is 5.97 Å². The number of carbonyl (C=O) groups excluding carboxylic acids is 1. The van der Waals surface area contributed by atoms with Gasteiger partial charge in [-0.1, -0.05) is 25.7 Å². The van der Waals surface area contributed by atoms with Crippen LogP contribution < -0.4 is 0 Å². The van der Waals surface area contributed by atoms with Gasteiger partial charge in [-0.3, -0.25) is 0 Å². The molecule has 0 amide bonds. The van der Waals surface area contributed by atoms with Crippen molar-refractivity contribution in [3.8, 4) is 0 Å². The number of hydrogen-bond acceptors (Lipinski definition) is 2. The van der Waals surface area contributed by atoms with Crippen molar-refractivity contribution in [1.82, 2.24) is 0 Å². The van der Waals surface area contributed by atoms with Crippen molar-refractivity contribution in [1.29, 1.82) is 0 Å². The van der Waals surface area contributed by atoms with Crippen LogP contribution in [0.2, 0.25) is 0 Å². The summed E-state index contributed by atoms with van der Waals surface area (Å²) in [6, 6.07) is 0. The fourth-order valence-electron chi connectivity index (χ4n) is 9.20. The van der Waals surface area contributed by atoms with Crippen LogP contribution in [0.5, 0.6) is 0 Å². The summed E-state index contributed by atoms with van der Waals surface area (Å²) in [5, 5.41) is 0. The number of rotatable bonds is 2. The Balaban J connectivity index is 0.000000133. The maximum Gasteiger partial charge on any atom is 0.333 e. The lowest BCUT2D eigenvalue weighted by molar-refractivity contribution is -0.141. The normalized spacial score (nSPS) is 49.6. The number of carbonyl (C=O) groups is 1. The molecule has 8 aliphatic carbocycles. The van der Waals surface area contributed by atoms with Crippen molar-refractivity contribution in [2.24, 2.45) is 52.8 Å². The van der Waals surface area contributed by atoms with Crippen LogP contribution >= 0.6 is 0 Å². The van der Waals surface area contributed by atoms with Gasteiger partial charge < -0.3 is 4.74 Å². The number of hydrogen-bond donors (Lipinski definition) is 0. The molecule has 8 rings (SSSR count). The number of methoxy groups -OCH3 is 1. The first kappa shape index (κ1) is 18.9. The Bertz CT molecular complexity index is 645. The molecule has 0 radical (unpaired) electrons. The van der Waals surface area contributed by atoms with E-state index < -0.39 is 0 Å². The highest BCUT2D eigenvalue weighted by molar-refractivity contribution is 5.88. The maximum absolute atomic E-state index is 11.8. The van der Waals surface area contributed by atoms with Gasteiger partial charge in [-0.2, -0.15) is 0 Å². The summed E-state index contributed by atoms with van der Waals surface area (Å²) in [4.78, 5) is 11.8. The number of ether oxygens (including phenoxy) is 1. The van der Waals surface area contributed by atoms with Gasteiger partial charge in [0.25, 0.3) is 0 Å². The van der Waals surface area contributed by atoms with Gasteiger partial charge in [0, 0.05) is 5.57 Å². The minimum absolute atomic E-state index is 0.191.